The molecule has 4 heteroatoms. The van der Waals surface area contributed by atoms with Crippen molar-refractivity contribution in [2.24, 2.45) is 0 Å². The zero-order valence-corrected chi connectivity index (χ0v) is 13.5. The topological polar surface area (TPSA) is 26.3 Å². The van der Waals surface area contributed by atoms with Crippen molar-refractivity contribution in [3.8, 4) is 5.75 Å². The first-order valence-electron chi connectivity index (χ1n) is 5.93. The predicted molar refractivity (Wildman–Crippen MR) is 82.1 cm³/mol. The highest BCUT2D eigenvalue weighted by atomic mass is 79.9. The molecule has 1 aromatic carbocycles. The Hall–Kier alpha value is -1.13. The summed E-state index contributed by atoms with van der Waals surface area (Å²) < 4.78 is 6.50. The first kappa shape index (κ1) is 14.3. The van der Waals surface area contributed by atoms with Gasteiger partial charge < -0.3 is 4.74 Å². The van der Waals surface area contributed by atoms with Crippen molar-refractivity contribution in [1.29, 1.82) is 0 Å². The summed E-state index contributed by atoms with van der Waals surface area (Å²) in [5.41, 5.74) is 0.918. The quantitative estimate of drug-likeness (QED) is 0.567. The summed E-state index contributed by atoms with van der Waals surface area (Å²) >= 11 is 4.84. The molecule has 0 radical (unpaired) electrons. The van der Waals surface area contributed by atoms with E-state index in [1.165, 1.54) is 11.3 Å². The van der Waals surface area contributed by atoms with E-state index in [-0.39, 0.29) is 11.4 Å². The van der Waals surface area contributed by atoms with E-state index < -0.39 is 0 Å². The molecule has 0 aliphatic heterocycles. The van der Waals surface area contributed by atoms with Crippen molar-refractivity contribution in [3.63, 3.8) is 0 Å². The zero-order chi connectivity index (χ0) is 14.0. The number of carbonyl (C=O) groups excluding carboxylic acids is 1. The lowest BCUT2D eigenvalue weighted by atomic mass is 9.86. The molecule has 0 bridgehead atoms. The van der Waals surface area contributed by atoms with E-state index in [0.717, 1.165) is 10.0 Å². The Bertz CT molecular complexity index is 583. The van der Waals surface area contributed by atoms with Gasteiger partial charge in [-0.15, -0.1) is 11.3 Å². The van der Waals surface area contributed by atoms with Crippen LogP contribution in [0.2, 0.25) is 0 Å². The number of rotatable bonds is 2. The molecule has 0 saturated heterocycles. The molecule has 0 atom stereocenters. The third-order valence-corrected chi connectivity index (χ3v) is 4.02. The van der Waals surface area contributed by atoms with Crippen molar-refractivity contribution < 1.29 is 9.53 Å². The van der Waals surface area contributed by atoms with Gasteiger partial charge >= 0.3 is 5.97 Å². The van der Waals surface area contributed by atoms with Gasteiger partial charge in [0.2, 0.25) is 0 Å². The van der Waals surface area contributed by atoms with E-state index in [1.807, 2.05) is 29.6 Å². The van der Waals surface area contributed by atoms with E-state index in [4.69, 9.17) is 4.74 Å². The normalized spacial score (nSPS) is 11.4. The summed E-state index contributed by atoms with van der Waals surface area (Å²) in [5, 5.41) is 1.86. The van der Waals surface area contributed by atoms with Gasteiger partial charge in [0.1, 0.15) is 10.6 Å². The fourth-order valence-corrected chi connectivity index (χ4v) is 2.68. The summed E-state index contributed by atoms with van der Waals surface area (Å²) in [6.45, 7) is 6.28. The summed E-state index contributed by atoms with van der Waals surface area (Å²) in [6, 6.07) is 9.32. The highest BCUT2D eigenvalue weighted by Crippen LogP contribution is 2.34. The number of esters is 1. The number of carbonyl (C=O) groups is 1. The van der Waals surface area contributed by atoms with Gasteiger partial charge in [0.25, 0.3) is 0 Å². The minimum Gasteiger partial charge on any atom is -0.422 e. The molecule has 0 amide bonds. The van der Waals surface area contributed by atoms with Gasteiger partial charge in [0.15, 0.2) is 0 Å². The molecule has 1 aromatic heterocycles. The third-order valence-electron chi connectivity index (χ3n) is 2.67. The summed E-state index contributed by atoms with van der Waals surface area (Å²) in [7, 11) is 0. The van der Waals surface area contributed by atoms with Gasteiger partial charge in [-0.1, -0.05) is 42.8 Å². The molecule has 0 saturated carbocycles. The Morgan fingerprint density at radius 2 is 2.00 bits per heavy atom. The van der Waals surface area contributed by atoms with Crippen molar-refractivity contribution in [2.75, 3.05) is 0 Å². The van der Waals surface area contributed by atoms with Crippen molar-refractivity contribution in [1.82, 2.24) is 0 Å². The highest BCUT2D eigenvalue weighted by Gasteiger charge is 2.21. The lowest BCUT2D eigenvalue weighted by molar-refractivity contribution is 0.0737. The molecule has 0 N–H and O–H groups in total. The second kappa shape index (κ2) is 5.47. The number of thiophene rings is 1. The Balaban J connectivity index is 2.33. The number of benzene rings is 1. The molecule has 0 aliphatic carbocycles. The van der Waals surface area contributed by atoms with Gasteiger partial charge in [-0.05, 0) is 35.1 Å². The lowest BCUT2D eigenvalue weighted by Gasteiger charge is -2.22. The maximum Gasteiger partial charge on any atom is 0.353 e. The Morgan fingerprint density at radius 3 is 2.58 bits per heavy atom. The Morgan fingerprint density at radius 1 is 1.26 bits per heavy atom. The van der Waals surface area contributed by atoms with Gasteiger partial charge in [0.05, 0.1) is 0 Å². The standard InChI is InChI=1S/C15H15BrO2S/c1-15(2,3)11-9-10(16)6-7-12(11)18-14(17)13-5-4-8-19-13/h4-9H,1-3H3. The van der Waals surface area contributed by atoms with E-state index in [2.05, 4.69) is 36.7 Å². The zero-order valence-electron chi connectivity index (χ0n) is 11.1. The minimum atomic E-state index is -0.303. The maximum atomic E-state index is 12.0. The van der Waals surface area contributed by atoms with E-state index >= 15 is 0 Å². The molecule has 2 rings (SSSR count). The number of halogens is 1. The second-order valence-corrected chi connectivity index (χ2v) is 7.12. The molecule has 0 spiro atoms. The first-order valence-corrected chi connectivity index (χ1v) is 7.61. The van der Waals surface area contributed by atoms with Crippen LogP contribution in [0, 0.1) is 0 Å². The van der Waals surface area contributed by atoms with Crippen LogP contribution >= 0.6 is 27.3 Å². The van der Waals surface area contributed by atoms with E-state index in [0.29, 0.717) is 10.6 Å². The molecule has 19 heavy (non-hydrogen) atoms. The molecule has 0 fully saturated rings. The predicted octanol–water partition coefficient (Wildman–Crippen LogP) is 5.03. The molecule has 2 aromatic rings. The summed E-state index contributed by atoms with van der Waals surface area (Å²) in [6.07, 6.45) is 0. The average Bonchev–Trinajstić information content (AvgIpc) is 2.83. The van der Waals surface area contributed by atoms with Crippen LogP contribution in [0.15, 0.2) is 40.2 Å². The molecule has 1 heterocycles. The van der Waals surface area contributed by atoms with Gasteiger partial charge in [-0.3, -0.25) is 0 Å². The smallest absolute Gasteiger partial charge is 0.353 e. The number of ether oxygens (including phenoxy) is 1. The SMILES string of the molecule is CC(C)(C)c1cc(Br)ccc1OC(=O)c1cccs1. The lowest BCUT2D eigenvalue weighted by Crippen LogP contribution is -2.16. The van der Waals surface area contributed by atoms with Crippen LogP contribution in [-0.2, 0) is 5.41 Å². The van der Waals surface area contributed by atoms with Crippen LogP contribution in [0.4, 0.5) is 0 Å². The van der Waals surface area contributed by atoms with Crippen LogP contribution in [0.25, 0.3) is 0 Å². The number of hydrogen-bond acceptors (Lipinski definition) is 3. The van der Waals surface area contributed by atoms with Crippen LogP contribution in [0.3, 0.4) is 0 Å². The Labute approximate surface area is 125 Å². The molecule has 100 valence electrons. The van der Waals surface area contributed by atoms with Crippen molar-refractivity contribution >= 4 is 33.2 Å². The van der Waals surface area contributed by atoms with Crippen LogP contribution in [0.1, 0.15) is 36.0 Å². The van der Waals surface area contributed by atoms with Crippen LogP contribution in [0.5, 0.6) is 5.75 Å². The first-order chi connectivity index (χ1) is 8.88. The second-order valence-electron chi connectivity index (χ2n) is 5.26. The molecular weight excluding hydrogens is 324 g/mol. The van der Waals surface area contributed by atoms with Gasteiger partial charge in [-0.2, -0.15) is 0 Å². The highest BCUT2D eigenvalue weighted by molar-refractivity contribution is 9.10. The molecule has 0 aliphatic rings. The van der Waals surface area contributed by atoms with Crippen molar-refractivity contribution in [3.05, 3.63) is 50.6 Å². The van der Waals surface area contributed by atoms with Crippen LogP contribution in [-0.4, -0.2) is 5.97 Å². The van der Waals surface area contributed by atoms with Gasteiger partial charge in [0, 0.05) is 10.0 Å². The molecule has 0 unspecified atom stereocenters. The van der Waals surface area contributed by atoms with E-state index in [1.54, 1.807) is 6.07 Å². The largest absolute Gasteiger partial charge is 0.422 e. The minimum absolute atomic E-state index is 0.0884. The fraction of sp³-hybridized carbons (Fsp3) is 0.267. The monoisotopic (exact) mass is 338 g/mol. The Kier molecular flexibility index (Phi) is 4.11. The number of hydrogen-bond donors (Lipinski definition) is 0. The summed E-state index contributed by atoms with van der Waals surface area (Å²) in [4.78, 5) is 12.6. The van der Waals surface area contributed by atoms with E-state index in [9.17, 15) is 4.79 Å². The summed E-state index contributed by atoms with van der Waals surface area (Å²) in [5.74, 6) is 0.317. The molecule has 2 nitrogen and oxygen atoms in total. The van der Waals surface area contributed by atoms with Crippen molar-refractivity contribution in [2.45, 2.75) is 26.2 Å². The maximum absolute atomic E-state index is 12.0. The fourth-order valence-electron chi connectivity index (χ4n) is 1.72. The van der Waals surface area contributed by atoms with Gasteiger partial charge in [-0.25, -0.2) is 4.79 Å². The van der Waals surface area contributed by atoms with Crippen LogP contribution < -0.4 is 4.74 Å². The molecular formula is C15H15BrO2S. The average molecular weight is 339 g/mol. The third kappa shape index (κ3) is 3.45.